The molecule has 0 spiro atoms. The van der Waals surface area contributed by atoms with E-state index in [1.807, 2.05) is 0 Å². The van der Waals surface area contributed by atoms with E-state index >= 15 is 0 Å². The van der Waals surface area contributed by atoms with Crippen LogP contribution < -0.4 is 0 Å². The van der Waals surface area contributed by atoms with Gasteiger partial charge in [0, 0.05) is 0 Å². The van der Waals surface area contributed by atoms with Crippen molar-refractivity contribution in [2.75, 3.05) is 0 Å². The van der Waals surface area contributed by atoms with Crippen molar-refractivity contribution in [1.29, 1.82) is 0 Å². The number of allylic oxidation sites excluding steroid dienone is 2. The van der Waals surface area contributed by atoms with Crippen LogP contribution in [0.1, 0.15) is 105 Å². The van der Waals surface area contributed by atoms with Gasteiger partial charge in [0.05, 0.1) is 0 Å². The Kier molecular flexibility index (Phi) is 6.95. The van der Waals surface area contributed by atoms with Crippen molar-refractivity contribution in [1.82, 2.24) is 0 Å². The van der Waals surface area contributed by atoms with Gasteiger partial charge in [-0.1, -0.05) is 0 Å². The van der Waals surface area contributed by atoms with Crippen LogP contribution in [0.5, 0.6) is 0 Å². The zero-order chi connectivity index (χ0) is 31.6. The van der Waals surface area contributed by atoms with E-state index in [4.69, 9.17) is 0 Å². The Labute approximate surface area is 262 Å². The Bertz CT molecular complexity index is 1820. The summed E-state index contributed by atoms with van der Waals surface area (Å²) in [5, 5.41) is 0. The normalized spacial score (nSPS) is 20.3. The summed E-state index contributed by atoms with van der Waals surface area (Å²) in [6, 6.07) is 37.5. The van der Waals surface area contributed by atoms with Gasteiger partial charge in [0.15, 0.2) is 0 Å². The third-order valence-corrected chi connectivity index (χ3v) is 47.1. The molecule has 4 aromatic rings. The van der Waals surface area contributed by atoms with E-state index in [9.17, 15) is 0 Å². The van der Waals surface area contributed by atoms with Crippen LogP contribution >= 0.6 is 0 Å². The summed E-state index contributed by atoms with van der Waals surface area (Å²) in [6.07, 6.45) is 5.19. The first kappa shape index (κ1) is 31.4. The molecule has 44 heavy (non-hydrogen) atoms. The van der Waals surface area contributed by atoms with Gasteiger partial charge in [-0.2, -0.15) is 0 Å². The quantitative estimate of drug-likeness (QED) is 0.163. The molecule has 0 fully saturated rings. The molecule has 0 heterocycles. The van der Waals surface area contributed by atoms with Crippen LogP contribution in [-0.2, 0) is 22.7 Å². The van der Waals surface area contributed by atoms with E-state index in [0.717, 1.165) is 8.26 Å². The van der Waals surface area contributed by atoms with Gasteiger partial charge in [0.2, 0.25) is 0 Å². The van der Waals surface area contributed by atoms with E-state index in [0.29, 0.717) is 19.1 Å². The third kappa shape index (κ3) is 4.53. The van der Waals surface area contributed by atoms with E-state index < -0.39 is 14.4 Å². The molecule has 2 unspecified atom stereocenters. The molecule has 0 aliphatic heterocycles. The van der Waals surface area contributed by atoms with Crippen molar-refractivity contribution < 1.29 is 14.4 Å². The molecule has 2 aliphatic rings. The summed E-state index contributed by atoms with van der Waals surface area (Å²) in [4.78, 5) is 0. The number of benzene rings is 4. The van der Waals surface area contributed by atoms with Gasteiger partial charge in [0.25, 0.3) is 0 Å². The first-order valence-corrected chi connectivity index (χ1v) is 34.0. The van der Waals surface area contributed by atoms with E-state index in [1.165, 1.54) is 33.4 Å². The molecular weight excluding hydrogens is 624 g/mol. The molecule has 0 saturated heterocycles. The predicted octanol–water partition coefficient (Wildman–Crippen LogP) is 11.4. The monoisotopic (exact) mass is 674 g/mol. The molecule has 6 rings (SSSR count). The van der Waals surface area contributed by atoms with Crippen molar-refractivity contribution >= 4 is 19.0 Å². The molecule has 2 atom stereocenters. The van der Waals surface area contributed by atoms with Gasteiger partial charge in [-0.25, -0.2) is 0 Å². The average molecular weight is 676 g/mol. The minimum atomic E-state index is -5.42. The molecule has 0 N–H and O–H groups in total. The zero-order valence-electron chi connectivity index (χ0n) is 28.3. The van der Waals surface area contributed by atoms with Crippen LogP contribution in [-0.4, -0.2) is 6.88 Å². The fourth-order valence-corrected chi connectivity index (χ4v) is 54.1. The van der Waals surface area contributed by atoms with Gasteiger partial charge in [0.1, 0.15) is 0 Å². The van der Waals surface area contributed by atoms with Gasteiger partial charge < -0.3 is 0 Å². The second-order valence-corrected chi connectivity index (χ2v) is 70.7. The van der Waals surface area contributed by atoms with Crippen LogP contribution in [0.15, 0.2) is 108 Å². The Morgan fingerprint density at radius 1 is 0.545 bits per heavy atom. The van der Waals surface area contributed by atoms with E-state index in [2.05, 4.69) is 167 Å². The standard InChI is InChI=1S/2C13H15.2C7H7.2CH3.H2Si.Zr/c2*1-9(2)12-6-4-5-11-7-10(3)8-13(11)12;2*1-7-5-3-2-4-6-7;;;;/h2*4-9H,1-3H3;2*2-6H,1H2;2*1H3;1H2;. The van der Waals surface area contributed by atoms with Crippen LogP contribution in [0.3, 0.4) is 0 Å². The van der Waals surface area contributed by atoms with E-state index in [-0.39, 0.29) is 0 Å². The summed E-state index contributed by atoms with van der Waals surface area (Å²) >= 11 is -5.42. The molecule has 0 amide bonds. The van der Waals surface area contributed by atoms with Crippen molar-refractivity contribution in [2.24, 2.45) is 0 Å². The number of rotatable bonds is 8. The second kappa shape index (κ2) is 9.73. The summed E-state index contributed by atoms with van der Waals surface area (Å²) in [6.45, 7) is 16.9. The first-order chi connectivity index (χ1) is 20.6. The van der Waals surface area contributed by atoms with Crippen molar-refractivity contribution in [2.45, 2.75) is 78.2 Å². The summed E-state index contributed by atoms with van der Waals surface area (Å²) in [7, 11) is 0. The SMILES string of the molecule is CC1=Cc2c(C(C)C)cccc2[CH]1[Zr]([CH3])([CH3])(=[SiH2])([CH2]c1ccccc1)([CH2]c1ccccc1)[CH]1C(C)=Cc2c(C(C)C)cccc21. The summed E-state index contributed by atoms with van der Waals surface area (Å²) in [5.41, 5.74) is 15.2. The molecule has 2 aliphatic carbocycles. The molecule has 2 heteroatoms. The topological polar surface area (TPSA) is 0 Å². The number of fused-ring (bicyclic) bond motifs is 2. The minimum absolute atomic E-state index is 0.362. The molecule has 0 aromatic heterocycles. The van der Waals surface area contributed by atoms with Crippen LogP contribution in [0.25, 0.3) is 12.2 Å². The van der Waals surface area contributed by atoms with Crippen molar-refractivity contribution in [3.63, 3.8) is 0 Å². The van der Waals surface area contributed by atoms with Crippen molar-refractivity contribution in [3.05, 3.63) is 153 Å². The molecule has 0 nitrogen and oxygen atoms in total. The van der Waals surface area contributed by atoms with Gasteiger partial charge >= 0.3 is 264 Å². The van der Waals surface area contributed by atoms with Crippen LogP contribution in [0, 0.1) is 0 Å². The maximum absolute atomic E-state index is 5.42. The van der Waals surface area contributed by atoms with Gasteiger partial charge in [-0.05, 0) is 0 Å². The van der Waals surface area contributed by atoms with Crippen LogP contribution in [0.4, 0.5) is 0 Å². The molecule has 4 aromatic carbocycles. The van der Waals surface area contributed by atoms with Gasteiger partial charge in [-0.15, -0.1) is 0 Å². The molecule has 0 radical (unpaired) electrons. The Hall–Kier alpha value is -2.54. The summed E-state index contributed by atoms with van der Waals surface area (Å²) < 4.78 is 8.78. The molecule has 228 valence electrons. The Morgan fingerprint density at radius 3 is 1.25 bits per heavy atom. The fraction of sp³-hybridized carbons (Fsp3) is 0.333. The summed E-state index contributed by atoms with van der Waals surface area (Å²) in [5.74, 6) is 0.966. The average Bonchev–Trinajstić information content (AvgIpc) is 3.51. The van der Waals surface area contributed by atoms with Crippen LogP contribution in [0.2, 0.25) is 9.26 Å². The number of hydrogen-bond donors (Lipinski definition) is 0. The first-order valence-electron chi connectivity index (χ1n) is 16.9. The van der Waals surface area contributed by atoms with E-state index in [1.54, 1.807) is 22.3 Å². The second-order valence-electron chi connectivity index (χ2n) is 17.9. The Balaban J connectivity index is 1.82. The van der Waals surface area contributed by atoms with Gasteiger partial charge in [-0.3, -0.25) is 0 Å². The Morgan fingerprint density at radius 2 is 0.909 bits per heavy atom. The third-order valence-electron chi connectivity index (χ3n) is 12.3. The maximum atomic E-state index is 2.91. The van der Waals surface area contributed by atoms with Crippen molar-refractivity contribution in [3.8, 4) is 0 Å². The molecule has 0 bridgehead atoms. The molecule has 0 saturated carbocycles. The molecular formula is C42H52SiZr. The number of hydrogen-bond acceptors (Lipinski definition) is 0. The zero-order valence-corrected chi connectivity index (χ0v) is 32.2. The fourth-order valence-electron chi connectivity index (χ4n) is 11.5. The predicted molar refractivity (Wildman–Crippen MR) is 194 cm³/mol.